The number of imide groups is 1. The molecule has 1 aliphatic heterocycles. The Bertz CT molecular complexity index is 209. The molecule has 0 aromatic rings. The molecule has 0 aromatic heterocycles. The number of amides is 3. The van der Waals surface area contributed by atoms with E-state index in [9.17, 15) is 9.59 Å². The summed E-state index contributed by atoms with van der Waals surface area (Å²) >= 11 is 0. The smallest absolute Gasteiger partial charge is 0.348 e. The molecule has 10 heavy (non-hydrogen) atoms. The van der Waals surface area contributed by atoms with Crippen LogP contribution in [-0.4, -0.2) is 23.7 Å². The summed E-state index contributed by atoms with van der Waals surface area (Å²) in [5.74, 6) is -0.675. The van der Waals surface area contributed by atoms with Crippen LogP contribution in [-0.2, 0) is 4.79 Å². The molecule has 3 amide bonds. The van der Waals surface area contributed by atoms with E-state index in [-0.39, 0.29) is 5.57 Å². The predicted molar refractivity (Wildman–Crippen MR) is 30.8 cm³/mol. The van der Waals surface area contributed by atoms with Gasteiger partial charge in [0, 0.05) is 6.20 Å². The molecule has 0 aliphatic carbocycles. The lowest BCUT2D eigenvalue weighted by atomic mass is 10.2. The lowest BCUT2D eigenvalue weighted by molar-refractivity contribution is -0.117. The maximum absolute atomic E-state index is 10.6. The molecule has 0 aromatic carbocycles. The van der Waals surface area contributed by atoms with Crippen LogP contribution in [0, 0.1) is 0 Å². The molecule has 2 N–H and O–H groups in total. The van der Waals surface area contributed by atoms with Crippen molar-refractivity contribution in [3.05, 3.63) is 11.8 Å². The minimum absolute atomic E-state index is 0.0969. The first-order chi connectivity index (χ1) is 4.74. The Balaban J connectivity index is 2.75. The van der Waals surface area contributed by atoms with Crippen LogP contribution in [0.4, 0.5) is 4.79 Å². The Morgan fingerprint density at radius 3 is 2.80 bits per heavy atom. The van der Waals surface area contributed by atoms with Crippen molar-refractivity contribution in [3.8, 4) is 0 Å². The van der Waals surface area contributed by atoms with E-state index in [0.717, 1.165) is 6.20 Å². The highest BCUT2D eigenvalue weighted by Gasteiger charge is 2.18. The summed E-state index contributed by atoms with van der Waals surface area (Å²) in [4.78, 5) is 20.9. The second-order valence-electron chi connectivity index (χ2n) is 1.69. The van der Waals surface area contributed by atoms with E-state index in [0.29, 0.717) is 0 Å². The summed E-state index contributed by atoms with van der Waals surface area (Å²) in [5.41, 5.74) is 0.0969. The molecule has 0 unspecified atom stereocenters. The highest BCUT2D eigenvalue weighted by molar-refractivity contribution is 6.06. The first-order valence-electron chi connectivity index (χ1n) is 2.60. The minimum Gasteiger partial charge on any atom is -0.391 e. The third-order valence-electron chi connectivity index (χ3n) is 1.02. The number of nitrogens with zero attached hydrogens (tertiary/aromatic N) is 1. The molecule has 0 saturated carbocycles. The van der Waals surface area contributed by atoms with Crippen LogP contribution in [0.3, 0.4) is 0 Å². The number of hydrogen-bond acceptors (Lipinski definition) is 3. The van der Waals surface area contributed by atoms with Crippen LogP contribution in [0.1, 0.15) is 0 Å². The Morgan fingerprint density at radius 1 is 1.60 bits per heavy atom. The van der Waals surface area contributed by atoms with E-state index < -0.39 is 18.5 Å². The molecular weight excluding hydrogens is 136 g/mol. The summed E-state index contributed by atoms with van der Waals surface area (Å²) in [6.45, 7) is -0.400. The van der Waals surface area contributed by atoms with Crippen LogP contribution >= 0.6 is 0 Å². The number of carbonyl (C=O) groups is 2. The second-order valence-corrected chi connectivity index (χ2v) is 1.69. The molecular formula is C5H5N2O3. The average Bonchev–Trinajstić information content (AvgIpc) is 1.88. The van der Waals surface area contributed by atoms with Gasteiger partial charge >= 0.3 is 6.03 Å². The van der Waals surface area contributed by atoms with Crippen LogP contribution in [0.5, 0.6) is 0 Å². The number of carbonyl (C=O) groups excluding carboxylic acids is 2. The summed E-state index contributed by atoms with van der Waals surface area (Å²) in [6, 6.07) is -0.692. The fourth-order valence-electron chi connectivity index (χ4n) is 0.520. The topological polar surface area (TPSA) is 80.5 Å². The minimum atomic E-state index is -0.692. The molecule has 53 valence electrons. The Labute approximate surface area is 56.7 Å². The van der Waals surface area contributed by atoms with Crippen molar-refractivity contribution in [2.75, 3.05) is 6.61 Å². The van der Waals surface area contributed by atoms with Gasteiger partial charge in [-0.3, -0.25) is 4.79 Å². The first kappa shape index (κ1) is 6.76. The highest BCUT2D eigenvalue weighted by atomic mass is 16.3. The van der Waals surface area contributed by atoms with Crippen molar-refractivity contribution in [2.45, 2.75) is 0 Å². The van der Waals surface area contributed by atoms with E-state index in [1.165, 1.54) is 0 Å². The number of aliphatic hydroxyl groups excluding tert-OH is 1. The van der Waals surface area contributed by atoms with Gasteiger partial charge in [-0.15, -0.1) is 0 Å². The van der Waals surface area contributed by atoms with E-state index >= 15 is 0 Å². The van der Waals surface area contributed by atoms with E-state index in [1.807, 2.05) is 0 Å². The van der Waals surface area contributed by atoms with Gasteiger partial charge in [-0.05, 0) is 0 Å². The molecule has 1 heterocycles. The van der Waals surface area contributed by atoms with Gasteiger partial charge in [-0.2, -0.15) is 5.32 Å². The largest absolute Gasteiger partial charge is 0.391 e. The lowest BCUT2D eigenvalue weighted by Crippen LogP contribution is -2.37. The third-order valence-corrected chi connectivity index (χ3v) is 1.02. The van der Waals surface area contributed by atoms with E-state index in [2.05, 4.69) is 10.6 Å². The maximum Gasteiger partial charge on any atom is 0.348 e. The number of urea groups is 1. The van der Waals surface area contributed by atoms with Gasteiger partial charge < -0.3 is 10.4 Å². The zero-order valence-electron chi connectivity index (χ0n) is 5.00. The number of nitrogens with one attached hydrogen (secondary N) is 1. The Hall–Kier alpha value is -1.36. The van der Waals surface area contributed by atoms with Crippen molar-refractivity contribution in [3.63, 3.8) is 0 Å². The third kappa shape index (κ3) is 1.14. The predicted octanol–water partition coefficient (Wildman–Crippen LogP) is -1.28. The van der Waals surface area contributed by atoms with Crippen LogP contribution < -0.4 is 10.6 Å². The van der Waals surface area contributed by atoms with E-state index in [1.54, 1.807) is 0 Å². The van der Waals surface area contributed by atoms with Crippen LogP contribution in [0.15, 0.2) is 11.8 Å². The lowest BCUT2D eigenvalue weighted by Gasteiger charge is -2.07. The quantitative estimate of drug-likeness (QED) is 0.477. The summed E-state index contributed by atoms with van der Waals surface area (Å²) < 4.78 is 0. The first-order valence-corrected chi connectivity index (χ1v) is 2.60. The van der Waals surface area contributed by atoms with Crippen molar-refractivity contribution in [1.82, 2.24) is 10.6 Å². The van der Waals surface area contributed by atoms with Crippen molar-refractivity contribution < 1.29 is 14.7 Å². The van der Waals surface area contributed by atoms with Gasteiger partial charge in [-0.1, -0.05) is 0 Å². The zero-order chi connectivity index (χ0) is 7.56. The number of hydrogen-bond donors (Lipinski definition) is 2. The fourth-order valence-corrected chi connectivity index (χ4v) is 0.520. The van der Waals surface area contributed by atoms with Crippen LogP contribution in [0.2, 0.25) is 0 Å². The highest BCUT2D eigenvalue weighted by Crippen LogP contribution is 1.96. The molecule has 1 rings (SSSR count). The number of aliphatic hydroxyl groups is 1. The standard InChI is InChI=1S/C5H5N2O3/c8-2-3-1-6-5(10)7-4(3)9/h1,8H,2H2,(H,6,10). The molecule has 5 heteroatoms. The summed E-state index contributed by atoms with van der Waals surface area (Å²) in [6.07, 6.45) is 1.15. The van der Waals surface area contributed by atoms with Crippen molar-refractivity contribution in [2.24, 2.45) is 0 Å². The molecule has 0 spiro atoms. The van der Waals surface area contributed by atoms with Gasteiger partial charge in [0.2, 0.25) is 0 Å². The van der Waals surface area contributed by atoms with Crippen LogP contribution in [0.25, 0.3) is 0 Å². The average molecular weight is 141 g/mol. The van der Waals surface area contributed by atoms with Crippen molar-refractivity contribution >= 4 is 11.9 Å². The Kier molecular flexibility index (Phi) is 1.68. The molecule has 0 atom stereocenters. The molecule has 0 fully saturated rings. The summed E-state index contributed by atoms with van der Waals surface area (Å²) in [7, 11) is 0. The SMILES string of the molecule is O=C1[N]C(=O)C(CO)=CN1. The molecule has 0 bridgehead atoms. The Morgan fingerprint density at radius 2 is 2.30 bits per heavy atom. The molecule has 0 saturated heterocycles. The van der Waals surface area contributed by atoms with Gasteiger partial charge in [-0.25, -0.2) is 4.79 Å². The van der Waals surface area contributed by atoms with E-state index in [4.69, 9.17) is 5.11 Å². The molecule has 5 nitrogen and oxygen atoms in total. The monoisotopic (exact) mass is 141 g/mol. The maximum atomic E-state index is 10.6. The fraction of sp³-hybridized carbons (Fsp3) is 0.200. The second kappa shape index (κ2) is 2.49. The van der Waals surface area contributed by atoms with Gasteiger partial charge in [0.1, 0.15) is 0 Å². The normalized spacial score (nSPS) is 17.5. The van der Waals surface area contributed by atoms with Gasteiger partial charge in [0.15, 0.2) is 0 Å². The molecule has 1 aliphatic rings. The zero-order valence-corrected chi connectivity index (χ0v) is 5.00. The number of rotatable bonds is 1. The summed E-state index contributed by atoms with van der Waals surface area (Å²) in [5, 5.41) is 13.6. The molecule has 1 radical (unpaired) electrons. The van der Waals surface area contributed by atoms with Gasteiger partial charge in [0.25, 0.3) is 5.91 Å². The van der Waals surface area contributed by atoms with Crippen molar-refractivity contribution in [1.29, 1.82) is 0 Å². The van der Waals surface area contributed by atoms with Gasteiger partial charge in [0.05, 0.1) is 12.2 Å².